The lowest BCUT2D eigenvalue weighted by Crippen LogP contribution is -2.41. The van der Waals surface area contributed by atoms with E-state index in [-0.39, 0.29) is 22.9 Å². The van der Waals surface area contributed by atoms with Gasteiger partial charge in [-0.05, 0) is 68.4 Å². The van der Waals surface area contributed by atoms with Crippen molar-refractivity contribution in [3.63, 3.8) is 0 Å². The molecule has 0 radical (unpaired) electrons. The van der Waals surface area contributed by atoms with E-state index >= 15 is 0 Å². The van der Waals surface area contributed by atoms with Gasteiger partial charge in [0, 0.05) is 28.5 Å². The summed E-state index contributed by atoms with van der Waals surface area (Å²) in [5, 5.41) is 8.14. The molecule has 0 bridgehead atoms. The molecule has 0 fully saturated rings. The molecule has 0 spiro atoms. The Hall–Kier alpha value is -2.52. The Balaban J connectivity index is 1.87. The third kappa shape index (κ3) is 7.73. The van der Waals surface area contributed by atoms with E-state index in [9.17, 15) is 4.79 Å². The minimum atomic E-state index is -0.302. The van der Waals surface area contributed by atoms with Crippen LogP contribution in [-0.4, -0.2) is 27.5 Å². The van der Waals surface area contributed by atoms with Crippen molar-refractivity contribution in [3.05, 3.63) is 41.1 Å². The number of aromatic nitrogens is 2. The molecule has 0 saturated heterocycles. The molecule has 3 rings (SSSR count). The second-order valence-corrected chi connectivity index (χ2v) is 11.5. The van der Waals surface area contributed by atoms with Gasteiger partial charge in [0.05, 0.1) is 0 Å². The summed E-state index contributed by atoms with van der Waals surface area (Å²) in [4.78, 5) is 12.8. The van der Waals surface area contributed by atoms with Crippen molar-refractivity contribution in [1.29, 1.82) is 0 Å². The summed E-state index contributed by atoms with van der Waals surface area (Å²) in [5.74, 6) is 8.40. The number of hydrogen-bond donors (Lipinski definition) is 0. The molecule has 1 aromatic heterocycles. The molecule has 6 heteroatoms. The normalized spacial score (nSPS) is 15.4. The molecule has 35 heavy (non-hydrogen) atoms. The van der Waals surface area contributed by atoms with Crippen molar-refractivity contribution in [1.82, 2.24) is 10.2 Å². The van der Waals surface area contributed by atoms with E-state index in [1.54, 1.807) is 12.1 Å². The number of fused-ring (bicyclic) bond motifs is 1. The number of benzene rings is 1. The molecule has 5 nitrogen and oxygen atoms in total. The van der Waals surface area contributed by atoms with E-state index in [2.05, 4.69) is 68.8 Å². The minimum Gasteiger partial charge on any atom is -0.487 e. The Morgan fingerprint density at radius 3 is 2.54 bits per heavy atom. The van der Waals surface area contributed by atoms with Gasteiger partial charge in [-0.25, -0.2) is 0 Å². The van der Waals surface area contributed by atoms with Gasteiger partial charge in [-0.2, -0.15) is 0 Å². The molecular formula is C29H38N2O3S. The molecule has 0 unspecified atom stereocenters. The predicted molar refractivity (Wildman–Crippen MR) is 142 cm³/mol. The van der Waals surface area contributed by atoms with E-state index in [1.165, 1.54) is 31.2 Å². The molecule has 0 aliphatic carbocycles. The van der Waals surface area contributed by atoms with E-state index < -0.39 is 0 Å². The van der Waals surface area contributed by atoms with Crippen LogP contribution in [0.3, 0.4) is 0 Å². The highest BCUT2D eigenvalue weighted by Crippen LogP contribution is 2.46. The quantitative estimate of drug-likeness (QED) is 0.160. The first-order chi connectivity index (χ1) is 16.6. The van der Waals surface area contributed by atoms with Gasteiger partial charge in [0.15, 0.2) is 0 Å². The number of nitrogens with zero attached hydrogens (tertiary/aromatic N) is 2. The van der Waals surface area contributed by atoms with E-state index in [0.717, 1.165) is 34.8 Å². The average molecular weight is 495 g/mol. The van der Waals surface area contributed by atoms with E-state index in [1.807, 2.05) is 18.7 Å². The highest BCUT2D eigenvalue weighted by Gasteiger charge is 2.39. The number of unbranched alkanes of at least 4 members (excludes halogenated alkanes) is 3. The van der Waals surface area contributed by atoms with Gasteiger partial charge in [-0.3, -0.25) is 4.79 Å². The second kappa shape index (κ2) is 11.9. The van der Waals surface area contributed by atoms with Gasteiger partial charge < -0.3 is 9.47 Å². The lowest BCUT2D eigenvalue weighted by molar-refractivity contribution is -0.134. The Labute approximate surface area is 214 Å². The monoisotopic (exact) mass is 494 g/mol. The van der Waals surface area contributed by atoms with Gasteiger partial charge in [0.2, 0.25) is 5.88 Å². The third-order valence-electron chi connectivity index (χ3n) is 5.96. The summed E-state index contributed by atoms with van der Waals surface area (Å²) < 4.78 is 11.6. The highest BCUT2D eigenvalue weighted by atomic mass is 32.2. The zero-order valence-corrected chi connectivity index (χ0v) is 22.8. The first kappa shape index (κ1) is 27.1. The van der Waals surface area contributed by atoms with Crippen molar-refractivity contribution in [3.8, 4) is 23.5 Å². The van der Waals surface area contributed by atoms with Crippen molar-refractivity contribution < 1.29 is 14.3 Å². The van der Waals surface area contributed by atoms with E-state index in [4.69, 9.17) is 9.47 Å². The van der Waals surface area contributed by atoms with E-state index in [0.29, 0.717) is 12.1 Å². The number of ether oxygens (including phenoxy) is 2. The van der Waals surface area contributed by atoms with Gasteiger partial charge in [-0.1, -0.05) is 52.9 Å². The van der Waals surface area contributed by atoms with Crippen molar-refractivity contribution in [2.24, 2.45) is 0 Å². The smallest absolute Gasteiger partial charge is 0.312 e. The van der Waals surface area contributed by atoms with Crippen LogP contribution in [0.15, 0.2) is 29.2 Å². The largest absolute Gasteiger partial charge is 0.487 e. The van der Waals surface area contributed by atoms with Crippen LogP contribution in [-0.2, 0) is 10.2 Å². The van der Waals surface area contributed by atoms with Crippen LogP contribution in [0.2, 0.25) is 0 Å². The van der Waals surface area contributed by atoms with Crippen LogP contribution >= 0.6 is 11.8 Å². The fourth-order valence-electron chi connectivity index (χ4n) is 4.54. The fraction of sp³-hybridized carbons (Fsp3) is 0.552. The number of carbonyl (C=O) groups is 1. The standard InChI is InChI=1S/C29H38N2O3S/c1-7-9-10-11-17-35-25-19-24-23(28(3,4)20-29(5,6)34-24)18-21(25)13-14-22-15-16-26(31-30-22)33-27(32)12-8-2/h15-16,18-19H,7-12,17,20H2,1-6H3. The van der Waals surface area contributed by atoms with Crippen molar-refractivity contribution in [2.45, 2.75) is 102 Å². The van der Waals surface area contributed by atoms with Gasteiger partial charge >= 0.3 is 5.97 Å². The summed E-state index contributed by atoms with van der Waals surface area (Å²) in [6, 6.07) is 7.74. The van der Waals surface area contributed by atoms with Crippen LogP contribution in [0.4, 0.5) is 0 Å². The number of hydrogen-bond acceptors (Lipinski definition) is 6. The Morgan fingerprint density at radius 1 is 1.06 bits per heavy atom. The lowest BCUT2D eigenvalue weighted by atomic mass is 9.73. The maximum atomic E-state index is 11.7. The molecule has 0 saturated carbocycles. The Bertz CT molecular complexity index is 1080. The molecular weight excluding hydrogens is 456 g/mol. The third-order valence-corrected chi connectivity index (χ3v) is 7.10. The molecule has 1 aliphatic rings. The average Bonchev–Trinajstić information content (AvgIpc) is 2.77. The molecule has 188 valence electrons. The van der Waals surface area contributed by atoms with Crippen LogP contribution in [0, 0.1) is 11.8 Å². The van der Waals surface area contributed by atoms with Gasteiger partial charge in [0.1, 0.15) is 17.0 Å². The zero-order chi connectivity index (χ0) is 25.5. The summed E-state index contributed by atoms with van der Waals surface area (Å²) in [6.45, 7) is 13.0. The number of rotatable bonds is 9. The highest BCUT2D eigenvalue weighted by molar-refractivity contribution is 7.99. The first-order valence-corrected chi connectivity index (χ1v) is 13.7. The zero-order valence-electron chi connectivity index (χ0n) is 22.0. The summed E-state index contributed by atoms with van der Waals surface area (Å²) in [6.07, 6.45) is 6.96. The topological polar surface area (TPSA) is 61.3 Å². The molecule has 0 N–H and O–H groups in total. The molecule has 1 aromatic carbocycles. The predicted octanol–water partition coefficient (Wildman–Crippen LogP) is 7.09. The molecule has 2 heterocycles. The molecule has 0 atom stereocenters. The maximum Gasteiger partial charge on any atom is 0.312 e. The van der Waals surface area contributed by atoms with Crippen LogP contribution < -0.4 is 9.47 Å². The van der Waals surface area contributed by atoms with Gasteiger partial charge in [-0.15, -0.1) is 22.0 Å². The Morgan fingerprint density at radius 2 is 1.86 bits per heavy atom. The fourth-order valence-corrected chi connectivity index (χ4v) is 5.56. The molecule has 2 aromatic rings. The maximum absolute atomic E-state index is 11.7. The summed E-state index contributed by atoms with van der Waals surface area (Å²) in [7, 11) is 0. The Kier molecular flexibility index (Phi) is 9.24. The SMILES string of the molecule is CCCCCCSc1cc2c(cc1C#Cc1ccc(OC(=O)CCC)nn1)C(C)(C)CC(C)(C)O2. The van der Waals surface area contributed by atoms with Crippen LogP contribution in [0.1, 0.15) is 103 Å². The van der Waals surface area contributed by atoms with Crippen LogP contribution in [0.25, 0.3) is 0 Å². The van der Waals surface area contributed by atoms with Gasteiger partial charge in [0.25, 0.3) is 0 Å². The minimum absolute atomic E-state index is 0.0122. The number of thioether (sulfide) groups is 1. The molecule has 0 amide bonds. The van der Waals surface area contributed by atoms with Crippen molar-refractivity contribution in [2.75, 3.05) is 5.75 Å². The van der Waals surface area contributed by atoms with Crippen LogP contribution in [0.5, 0.6) is 11.6 Å². The van der Waals surface area contributed by atoms with Crippen molar-refractivity contribution >= 4 is 17.7 Å². The molecule has 1 aliphatic heterocycles. The number of carbonyl (C=O) groups excluding carboxylic acids is 1. The second-order valence-electron chi connectivity index (χ2n) is 10.4. The lowest BCUT2D eigenvalue weighted by Gasteiger charge is -2.42. The number of esters is 1. The summed E-state index contributed by atoms with van der Waals surface area (Å²) >= 11 is 1.84. The summed E-state index contributed by atoms with van der Waals surface area (Å²) in [5.41, 5.74) is 2.50. The first-order valence-electron chi connectivity index (χ1n) is 12.7.